The van der Waals surface area contributed by atoms with Crippen molar-refractivity contribution < 1.29 is 24.5 Å². The Kier molecular flexibility index (Phi) is 12.8. The molecule has 4 aromatic carbocycles. The first-order chi connectivity index (χ1) is 29.8. The Bertz CT molecular complexity index is 3030. The number of hydrogen-bond acceptors (Lipinski definition) is 5. The molecule has 0 atom stereocenters. The fourth-order valence-corrected chi connectivity index (χ4v) is 11.0. The number of furan rings is 1. The topological polar surface area (TPSA) is 69.6 Å². The summed E-state index contributed by atoms with van der Waals surface area (Å²) in [5.74, 6) is 8.43. The van der Waals surface area contributed by atoms with Crippen molar-refractivity contribution >= 4 is 50.8 Å². The second-order valence-electron chi connectivity index (χ2n) is 18.9. The van der Waals surface area contributed by atoms with Gasteiger partial charge in [-0.25, -0.2) is 4.98 Å². The molecule has 0 unspecified atom stereocenters. The minimum absolute atomic E-state index is 0. The number of rotatable bonds is 6. The van der Waals surface area contributed by atoms with Gasteiger partial charge in [0.15, 0.2) is 0 Å². The van der Waals surface area contributed by atoms with E-state index in [0.29, 0.717) is 11.6 Å². The Morgan fingerprint density at radius 2 is 1.52 bits per heavy atom. The zero-order chi connectivity index (χ0) is 43.2. The molecule has 63 heavy (non-hydrogen) atoms. The summed E-state index contributed by atoms with van der Waals surface area (Å²) in [7, 11) is 0. The maximum absolute atomic E-state index is 6.68. The van der Waals surface area contributed by atoms with E-state index >= 15 is 0 Å². The molecule has 6 nitrogen and oxygen atoms in total. The van der Waals surface area contributed by atoms with Crippen LogP contribution in [0.1, 0.15) is 81.4 Å². The molecule has 0 amide bonds. The molecule has 9 aromatic rings. The van der Waals surface area contributed by atoms with Crippen molar-refractivity contribution in [2.75, 3.05) is 0 Å². The second-order valence-corrected chi connectivity index (χ2v) is 29.6. The van der Waals surface area contributed by atoms with Gasteiger partial charge in [0.05, 0.1) is 28.1 Å². The van der Waals surface area contributed by atoms with E-state index in [1.165, 1.54) is 42.1 Å². The third-order valence-electron chi connectivity index (χ3n) is 12.3. The van der Waals surface area contributed by atoms with E-state index in [2.05, 4.69) is 145 Å². The minimum Gasteiger partial charge on any atom is 0 e. The molecule has 1 fully saturated rings. The summed E-state index contributed by atoms with van der Waals surface area (Å²) in [6.07, 6.45) is 8.31. The Morgan fingerprint density at radius 3 is 2.22 bits per heavy atom. The number of pyridine rings is 3. The quantitative estimate of drug-likeness (QED) is 0.123. The van der Waals surface area contributed by atoms with E-state index in [-0.39, 0.29) is 25.5 Å². The Balaban J connectivity index is 0.000000271. The van der Waals surface area contributed by atoms with Crippen molar-refractivity contribution in [3.05, 3.63) is 156 Å². The van der Waals surface area contributed by atoms with Gasteiger partial charge in [0.2, 0.25) is 5.71 Å². The summed E-state index contributed by atoms with van der Waals surface area (Å²) in [5.41, 5.74) is 13.9. The van der Waals surface area contributed by atoms with E-state index in [4.69, 9.17) is 19.4 Å². The van der Waals surface area contributed by atoms with Crippen molar-refractivity contribution in [1.29, 1.82) is 0 Å². The smallest absolute Gasteiger partial charge is 0 e. The van der Waals surface area contributed by atoms with Crippen LogP contribution in [0.3, 0.4) is 0 Å². The third-order valence-corrected chi connectivity index (χ3v) is 16.6. The number of benzene rings is 4. The van der Waals surface area contributed by atoms with Gasteiger partial charge in [-0.1, -0.05) is 87.4 Å². The van der Waals surface area contributed by atoms with E-state index in [1.54, 1.807) is 0 Å². The molecular formula is C55H55GeIrN5O-2. The number of aromatic nitrogens is 5. The van der Waals surface area contributed by atoms with Crippen molar-refractivity contribution in [2.24, 2.45) is 0 Å². The van der Waals surface area contributed by atoms with Gasteiger partial charge >= 0.3 is 99.8 Å². The van der Waals surface area contributed by atoms with Crippen molar-refractivity contribution in [2.45, 2.75) is 95.3 Å². The predicted molar refractivity (Wildman–Crippen MR) is 259 cm³/mol. The van der Waals surface area contributed by atoms with Crippen LogP contribution >= 0.6 is 0 Å². The predicted octanol–water partition coefficient (Wildman–Crippen LogP) is 13.9. The van der Waals surface area contributed by atoms with Crippen molar-refractivity contribution in [3.63, 3.8) is 0 Å². The normalized spacial score (nSPS) is 13.5. The minimum atomic E-state index is -1.72. The molecule has 0 bridgehead atoms. The molecular weight excluding hydrogens is 1010 g/mol. The first-order valence-corrected chi connectivity index (χ1v) is 29.4. The standard InChI is InChI=1S/C41H39N4O.C14H16GeN.Ir/c1-25-23-36-37(26(2)42-25)44-39(45(36)35-22-19-29(41(3,4)5)24-33(35)27-13-8-6-9-14-27)32-18-12-17-30-31-20-21-34(28-15-10-7-11-16-28)43-40(31)46-38(30)32;1-15(2,3)13-9-10-14(16-11-13)12-7-5-4-6-8-12;/h6,8-9,12-14,17,19-24,28H,7,10-11,15-16H2,1-5H3;4-7,9-11H,1-3H3;/q2*-1;. The summed E-state index contributed by atoms with van der Waals surface area (Å²) in [6, 6.07) is 47.1. The van der Waals surface area contributed by atoms with Gasteiger partial charge in [-0.3, -0.25) is 9.97 Å². The van der Waals surface area contributed by atoms with E-state index in [1.807, 2.05) is 50.4 Å². The van der Waals surface area contributed by atoms with Crippen LogP contribution in [0.4, 0.5) is 0 Å². The van der Waals surface area contributed by atoms with Crippen LogP contribution in [-0.4, -0.2) is 37.8 Å². The number of imidazole rings is 1. The first kappa shape index (κ1) is 44.4. The van der Waals surface area contributed by atoms with Crippen LogP contribution in [0, 0.1) is 26.0 Å². The molecule has 1 radical (unpaired) electrons. The first-order valence-electron chi connectivity index (χ1n) is 22.1. The van der Waals surface area contributed by atoms with Gasteiger partial charge in [0, 0.05) is 54.0 Å². The molecule has 0 N–H and O–H groups in total. The van der Waals surface area contributed by atoms with Gasteiger partial charge in [-0.2, -0.15) is 0 Å². The summed E-state index contributed by atoms with van der Waals surface area (Å²) < 4.78 is 10.4. The van der Waals surface area contributed by atoms with Crippen LogP contribution in [0.5, 0.6) is 0 Å². The summed E-state index contributed by atoms with van der Waals surface area (Å²) >= 11 is -1.72. The van der Waals surface area contributed by atoms with Crippen LogP contribution in [0.25, 0.3) is 72.6 Å². The number of nitrogens with zero attached hydrogens (tertiary/aromatic N) is 5. The van der Waals surface area contributed by atoms with Crippen LogP contribution in [0.15, 0.2) is 126 Å². The maximum Gasteiger partial charge on any atom is 0 e. The molecule has 0 saturated heterocycles. The Labute approximate surface area is 388 Å². The van der Waals surface area contributed by atoms with Gasteiger partial charge in [0.1, 0.15) is 0 Å². The average molecular weight is 1070 g/mol. The second kappa shape index (κ2) is 18.1. The van der Waals surface area contributed by atoms with E-state index in [9.17, 15) is 0 Å². The number of fused-ring (bicyclic) bond motifs is 4. The zero-order valence-electron chi connectivity index (χ0n) is 37.6. The van der Waals surface area contributed by atoms with Crippen molar-refractivity contribution in [1.82, 2.24) is 24.5 Å². The fraction of sp³-hybridized carbons (Fsp3) is 0.273. The molecule has 5 aromatic heterocycles. The third kappa shape index (κ3) is 9.11. The number of hydrogen-bond donors (Lipinski definition) is 0. The zero-order valence-corrected chi connectivity index (χ0v) is 42.1. The summed E-state index contributed by atoms with van der Waals surface area (Å²) in [5, 5.41) is 2.06. The SMILES string of the molecule is Cc1cc2c(nc(-c3[c-]ccc4c3oc3nc(C5CCCCC5)ccc34)n2-c2ccc(C(C)(C)C)cc2-c2ccccc2)c(C)n1.[CH3][Ge]([CH3])([CH3])[c]1ccc(-c2[c-]cccc2)nc1.[Ir]. The summed E-state index contributed by atoms with van der Waals surface area (Å²) in [6.45, 7) is 10.9. The largest absolute Gasteiger partial charge is 0 e. The molecule has 1 saturated carbocycles. The van der Waals surface area contributed by atoms with Crippen LogP contribution in [0.2, 0.25) is 17.3 Å². The molecule has 10 rings (SSSR count). The van der Waals surface area contributed by atoms with E-state index < -0.39 is 13.3 Å². The molecule has 1 aliphatic carbocycles. The fourth-order valence-electron chi connectivity index (χ4n) is 8.82. The monoisotopic (exact) mass is 1070 g/mol. The van der Waals surface area contributed by atoms with Gasteiger partial charge in [0.25, 0.3) is 0 Å². The molecule has 321 valence electrons. The van der Waals surface area contributed by atoms with Gasteiger partial charge in [-0.05, 0) is 73.6 Å². The average Bonchev–Trinajstić information content (AvgIpc) is 3.85. The molecule has 0 spiro atoms. The summed E-state index contributed by atoms with van der Waals surface area (Å²) in [4.78, 5) is 19.7. The van der Waals surface area contributed by atoms with Crippen LogP contribution in [-0.2, 0) is 25.5 Å². The Hall–Kier alpha value is -5.21. The van der Waals surface area contributed by atoms with Gasteiger partial charge < -0.3 is 8.98 Å². The van der Waals surface area contributed by atoms with Gasteiger partial charge in [-0.15, -0.1) is 18.2 Å². The van der Waals surface area contributed by atoms with Crippen molar-refractivity contribution in [3.8, 4) is 39.5 Å². The Morgan fingerprint density at radius 1 is 0.746 bits per heavy atom. The molecule has 0 aliphatic heterocycles. The maximum atomic E-state index is 6.68. The number of aryl methyl sites for hydroxylation is 2. The molecule has 1 aliphatic rings. The van der Waals surface area contributed by atoms with E-state index in [0.717, 1.165) is 83.9 Å². The molecule has 5 heterocycles. The molecule has 8 heteroatoms. The van der Waals surface area contributed by atoms with Crippen LogP contribution < -0.4 is 4.40 Å².